The van der Waals surface area contributed by atoms with Crippen LogP contribution in [0.2, 0.25) is 0 Å². The van der Waals surface area contributed by atoms with Gasteiger partial charge in [-0.1, -0.05) is 19.1 Å². The first-order chi connectivity index (χ1) is 9.74. The number of benzene rings is 1. The molecule has 1 aromatic carbocycles. The number of aliphatic hydroxyl groups is 1. The third kappa shape index (κ3) is 3.48. The summed E-state index contributed by atoms with van der Waals surface area (Å²) in [6.07, 6.45) is 3.44. The minimum atomic E-state index is -0.747. The van der Waals surface area contributed by atoms with Gasteiger partial charge in [-0.05, 0) is 30.2 Å². The number of methoxy groups -OCH3 is 1. The molecule has 0 bridgehead atoms. The molecule has 1 atom stereocenters. The van der Waals surface area contributed by atoms with E-state index in [9.17, 15) is 5.11 Å². The summed E-state index contributed by atoms with van der Waals surface area (Å²) in [4.78, 5) is 4.06. The van der Waals surface area contributed by atoms with Crippen LogP contribution < -0.4 is 9.47 Å². The van der Waals surface area contributed by atoms with Crippen molar-refractivity contribution in [1.29, 1.82) is 0 Å². The molecular weight excluding hydrogens is 254 g/mol. The first-order valence-electron chi connectivity index (χ1n) is 6.64. The number of hydrogen-bond donors (Lipinski definition) is 1. The zero-order chi connectivity index (χ0) is 14.4. The molecule has 4 heteroatoms. The Kier molecular flexibility index (Phi) is 4.96. The zero-order valence-corrected chi connectivity index (χ0v) is 11.7. The van der Waals surface area contributed by atoms with E-state index in [-0.39, 0.29) is 0 Å². The van der Waals surface area contributed by atoms with Crippen molar-refractivity contribution in [2.24, 2.45) is 0 Å². The second-order valence-electron chi connectivity index (χ2n) is 4.48. The van der Waals surface area contributed by atoms with Gasteiger partial charge in [0.05, 0.1) is 19.9 Å². The molecule has 1 heterocycles. The Morgan fingerprint density at radius 3 is 2.70 bits per heavy atom. The van der Waals surface area contributed by atoms with E-state index < -0.39 is 6.10 Å². The Morgan fingerprint density at radius 2 is 1.95 bits per heavy atom. The fraction of sp³-hybridized carbons (Fsp3) is 0.312. The minimum Gasteiger partial charge on any atom is -0.495 e. The first kappa shape index (κ1) is 14.3. The quantitative estimate of drug-likeness (QED) is 0.879. The van der Waals surface area contributed by atoms with Gasteiger partial charge in [0, 0.05) is 11.8 Å². The van der Waals surface area contributed by atoms with Gasteiger partial charge in [-0.2, -0.15) is 0 Å². The van der Waals surface area contributed by atoms with Gasteiger partial charge in [0.1, 0.15) is 17.6 Å². The van der Waals surface area contributed by atoms with E-state index in [1.807, 2.05) is 24.3 Å². The van der Waals surface area contributed by atoms with E-state index in [4.69, 9.17) is 9.47 Å². The Balaban J connectivity index is 2.21. The van der Waals surface area contributed by atoms with Gasteiger partial charge in [0.25, 0.3) is 0 Å². The third-order valence-corrected chi connectivity index (χ3v) is 2.93. The molecule has 0 saturated heterocycles. The molecule has 1 aromatic heterocycles. The predicted molar refractivity (Wildman–Crippen MR) is 77.1 cm³/mol. The monoisotopic (exact) mass is 273 g/mol. The minimum absolute atomic E-state index is 0.625. The van der Waals surface area contributed by atoms with Crippen molar-refractivity contribution >= 4 is 0 Å². The van der Waals surface area contributed by atoms with Crippen molar-refractivity contribution in [3.05, 3.63) is 53.9 Å². The molecule has 0 spiro atoms. The maximum Gasteiger partial charge on any atom is 0.137 e. The first-order valence-corrected chi connectivity index (χ1v) is 6.64. The van der Waals surface area contributed by atoms with Crippen LogP contribution in [-0.4, -0.2) is 23.8 Å². The van der Waals surface area contributed by atoms with Crippen LogP contribution in [0.15, 0.2) is 42.7 Å². The highest BCUT2D eigenvalue weighted by molar-refractivity contribution is 5.36. The molecule has 0 aliphatic rings. The van der Waals surface area contributed by atoms with Crippen molar-refractivity contribution in [2.45, 2.75) is 19.4 Å². The molecule has 0 amide bonds. The molecule has 106 valence electrons. The van der Waals surface area contributed by atoms with Crippen LogP contribution in [-0.2, 0) is 0 Å². The summed E-state index contributed by atoms with van der Waals surface area (Å²) in [6, 6.07) is 9.24. The Hall–Kier alpha value is -2.07. The molecule has 1 N–H and O–H groups in total. The number of ether oxygens (including phenoxy) is 2. The van der Waals surface area contributed by atoms with Crippen LogP contribution in [0.1, 0.15) is 30.6 Å². The van der Waals surface area contributed by atoms with Gasteiger partial charge in [0.2, 0.25) is 0 Å². The van der Waals surface area contributed by atoms with Crippen LogP contribution in [0.4, 0.5) is 0 Å². The van der Waals surface area contributed by atoms with Crippen LogP contribution in [0.25, 0.3) is 0 Å². The Labute approximate surface area is 119 Å². The van der Waals surface area contributed by atoms with E-state index in [1.54, 1.807) is 25.6 Å². The van der Waals surface area contributed by atoms with E-state index in [0.29, 0.717) is 17.9 Å². The van der Waals surface area contributed by atoms with Crippen molar-refractivity contribution in [3.8, 4) is 11.5 Å². The average Bonchev–Trinajstić information content (AvgIpc) is 2.52. The molecule has 2 rings (SSSR count). The molecule has 2 aromatic rings. The number of aliphatic hydroxyl groups excluding tert-OH is 1. The van der Waals surface area contributed by atoms with Crippen LogP contribution in [0, 0.1) is 0 Å². The van der Waals surface area contributed by atoms with Gasteiger partial charge in [-0.25, -0.2) is 0 Å². The Morgan fingerprint density at radius 1 is 1.15 bits per heavy atom. The van der Waals surface area contributed by atoms with Gasteiger partial charge in [0.15, 0.2) is 0 Å². The largest absolute Gasteiger partial charge is 0.495 e. The van der Waals surface area contributed by atoms with Crippen molar-refractivity contribution in [3.63, 3.8) is 0 Å². The SMILES string of the molecule is CCCOc1cccc(C(O)c2cncc(OC)c2)c1. The lowest BCUT2D eigenvalue weighted by molar-refractivity contribution is 0.218. The second kappa shape index (κ2) is 6.91. The van der Waals surface area contributed by atoms with E-state index in [1.165, 1.54) is 0 Å². The number of hydrogen-bond acceptors (Lipinski definition) is 4. The summed E-state index contributed by atoms with van der Waals surface area (Å²) in [5, 5.41) is 10.4. The Bertz CT molecular complexity index is 557. The lowest BCUT2D eigenvalue weighted by Crippen LogP contribution is -2.02. The van der Waals surface area contributed by atoms with Crippen LogP contribution in [0.3, 0.4) is 0 Å². The molecule has 0 fully saturated rings. The maximum absolute atomic E-state index is 10.4. The summed E-state index contributed by atoms with van der Waals surface area (Å²) in [5.41, 5.74) is 1.46. The summed E-state index contributed by atoms with van der Waals surface area (Å²) in [5.74, 6) is 1.39. The van der Waals surface area contributed by atoms with Gasteiger partial charge in [-0.15, -0.1) is 0 Å². The second-order valence-corrected chi connectivity index (χ2v) is 4.48. The topological polar surface area (TPSA) is 51.6 Å². The normalized spacial score (nSPS) is 11.9. The smallest absolute Gasteiger partial charge is 0.137 e. The summed E-state index contributed by atoms with van der Waals surface area (Å²) < 4.78 is 10.7. The molecular formula is C16H19NO3. The highest BCUT2D eigenvalue weighted by Gasteiger charge is 2.12. The summed E-state index contributed by atoms with van der Waals surface area (Å²) in [7, 11) is 1.58. The lowest BCUT2D eigenvalue weighted by Gasteiger charge is -2.13. The molecule has 0 saturated carbocycles. The lowest BCUT2D eigenvalue weighted by atomic mass is 10.0. The predicted octanol–water partition coefficient (Wildman–Crippen LogP) is 2.96. The van der Waals surface area contributed by atoms with Crippen molar-refractivity contribution in [1.82, 2.24) is 4.98 Å². The standard InChI is InChI=1S/C16H19NO3/c1-3-7-20-14-6-4-5-12(8-14)16(18)13-9-15(19-2)11-17-10-13/h4-6,8-11,16,18H,3,7H2,1-2H3. The maximum atomic E-state index is 10.4. The molecule has 1 unspecified atom stereocenters. The fourth-order valence-electron chi connectivity index (χ4n) is 1.88. The number of rotatable bonds is 6. The molecule has 0 radical (unpaired) electrons. The molecule has 20 heavy (non-hydrogen) atoms. The van der Waals surface area contributed by atoms with Crippen LogP contribution in [0.5, 0.6) is 11.5 Å². The van der Waals surface area contributed by atoms with Gasteiger partial charge in [-0.3, -0.25) is 4.98 Å². The zero-order valence-electron chi connectivity index (χ0n) is 11.7. The third-order valence-electron chi connectivity index (χ3n) is 2.93. The number of pyridine rings is 1. The highest BCUT2D eigenvalue weighted by Crippen LogP contribution is 2.26. The van der Waals surface area contributed by atoms with Crippen molar-refractivity contribution in [2.75, 3.05) is 13.7 Å². The summed E-state index contributed by atoms with van der Waals surface area (Å²) >= 11 is 0. The van der Waals surface area contributed by atoms with E-state index >= 15 is 0 Å². The average molecular weight is 273 g/mol. The van der Waals surface area contributed by atoms with E-state index in [2.05, 4.69) is 11.9 Å². The van der Waals surface area contributed by atoms with Crippen molar-refractivity contribution < 1.29 is 14.6 Å². The van der Waals surface area contributed by atoms with Gasteiger partial charge < -0.3 is 14.6 Å². The highest BCUT2D eigenvalue weighted by atomic mass is 16.5. The van der Waals surface area contributed by atoms with Gasteiger partial charge >= 0.3 is 0 Å². The summed E-state index contributed by atoms with van der Waals surface area (Å²) in [6.45, 7) is 2.72. The van der Waals surface area contributed by atoms with E-state index in [0.717, 1.165) is 17.7 Å². The van der Waals surface area contributed by atoms with Crippen LogP contribution >= 0.6 is 0 Å². The fourth-order valence-corrected chi connectivity index (χ4v) is 1.88. The number of nitrogens with zero attached hydrogens (tertiary/aromatic N) is 1. The molecule has 0 aliphatic carbocycles. The number of aromatic nitrogens is 1. The molecule has 0 aliphatic heterocycles. The molecule has 4 nitrogen and oxygen atoms in total.